The average Bonchev–Trinajstić information content (AvgIpc) is 3.11. The molecule has 0 spiro atoms. The second kappa shape index (κ2) is 8.08. The Kier molecular flexibility index (Phi) is 5.34. The van der Waals surface area contributed by atoms with Gasteiger partial charge in [0.05, 0.1) is 22.1 Å². The van der Waals surface area contributed by atoms with Crippen LogP contribution < -0.4 is 0 Å². The van der Waals surface area contributed by atoms with Crippen LogP contribution in [0, 0.1) is 5.41 Å². The van der Waals surface area contributed by atoms with Gasteiger partial charge >= 0.3 is 0 Å². The fourth-order valence-corrected chi connectivity index (χ4v) is 5.65. The topological polar surface area (TPSA) is 67.6 Å². The van der Waals surface area contributed by atoms with Gasteiger partial charge in [-0.3, -0.25) is 10.2 Å². The van der Waals surface area contributed by atoms with Gasteiger partial charge in [-0.1, -0.05) is 42.4 Å². The maximum absolute atomic E-state index is 15.6. The van der Waals surface area contributed by atoms with E-state index in [0.29, 0.717) is 29.3 Å². The van der Waals surface area contributed by atoms with Gasteiger partial charge in [-0.15, -0.1) is 12.6 Å². The molecule has 1 amide bonds. The van der Waals surface area contributed by atoms with Crippen LogP contribution in [0.1, 0.15) is 12.0 Å². The predicted molar refractivity (Wildman–Crippen MR) is 132 cm³/mol. The molecule has 2 fully saturated rings. The molecule has 3 aliphatic rings. The van der Waals surface area contributed by atoms with Crippen molar-refractivity contribution in [1.82, 2.24) is 9.80 Å². The van der Waals surface area contributed by atoms with Gasteiger partial charge in [0.15, 0.2) is 5.83 Å². The van der Waals surface area contributed by atoms with Crippen molar-refractivity contribution in [2.24, 2.45) is 0 Å². The molecule has 2 heterocycles. The Labute approximate surface area is 201 Å². The minimum absolute atomic E-state index is 0.0114. The normalized spacial score (nSPS) is 24.0. The Balaban J connectivity index is 1.51. The number of nitrogens with one attached hydrogen (secondary N) is 1. The van der Waals surface area contributed by atoms with Crippen molar-refractivity contribution in [3.05, 3.63) is 82.2 Å². The van der Waals surface area contributed by atoms with Crippen LogP contribution in [0.5, 0.6) is 5.75 Å². The predicted octanol–water partition coefficient (Wildman–Crippen LogP) is 4.99. The third-order valence-electron chi connectivity index (χ3n) is 6.60. The van der Waals surface area contributed by atoms with Crippen molar-refractivity contribution in [3.63, 3.8) is 0 Å². The number of halogens is 2. The molecule has 1 aliphatic carbocycles. The molecule has 2 saturated heterocycles. The van der Waals surface area contributed by atoms with Crippen LogP contribution >= 0.6 is 24.2 Å². The van der Waals surface area contributed by atoms with Gasteiger partial charge in [0.1, 0.15) is 11.5 Å². The minimum atomic E-state index is -0.772. The number of phenolic OH excluding ortho intramolecular Hbond substituents is 1. The van der Waals surface area contributed by atoms with Gasteiger partial charge in [-0.25, -0.2) is 4.39 Å². The molecule has 168 valence electrons. The molecule has 2 aromatic carbocycles. The Hall–Kier alpha value is -3.03. The molecule has 2 aliphatic heterocycles. The Bertz CT molecular complexity index is 1330. The van der Waals surface area contributed by atoms with Crippen LogP contribution in [0.25, 0.3) is 16.3 Å². The number of aromatic hydroxyl groups is 1. The number of hydrogen-bond donors (Lipinski definition) is 3. The van der Waals surface area contributed by atoms with Gasteiger partial charge in [0.25, 0.3) is 0 Å². The number of phenols is 1. The van der Waals surface area contributed by atoms with E-state index in [-0.39, 0.29) is 40.1 Å². The summed E-state index contributed by atoms with van der Waals surface area (Å²) in [5.41, 5.74) is 0.476. The lowest BCUT2D eigenvalue weighted by Gasteiger charge is -2.48. The zero-order chi connectivity index (χ0) is 23.4. The number of fused-ring (bicyclic) bond motifs is 2. The molecule has 33 heavy (non-hydrogen) atoms. The maximum Gasteiger partial charge on any atom is 0.246 e. The van der Waals surface area contributed by atoms with Crippen LogP contribution in [0.2, 0.25) is 0 Å². The number of nitrogens with zero attached hydrogens (tertiary/aromatic N) is 2. The highest BCUT2D eigenvalue weighted by Crippen LogP contribution is 2.44. The number of carbonyl (C=O) groups is 1. The Morgan fingerprint density at radius 3 is 2.79 bits per heavy atom. The molecule has 8 heteroatoms. The van der Waals surface area contributed by atoms with E-state index >= 15 is 4.39 Å². The van der Waals surface area contributed by atoms with E-state index in [0.717, 1.165) is 17.2 Å². The molecule has 0 bridgehead atoms. The zero-order valence-corrected chi connectivity index (χ0v) is 19.2. The number of carbonyl (C=O) groups excluding carboxylic acids is 1. The standard InChI is InChI=1S/C25H21ClFN3O2S/c1-2-21(32)29-8-7-19-20(29)12-30(19)25(33)17-11-18(26)22(23(27)24(17)28)16-10-14(31)9-13-5-3-4-6-15(13)16/h2-6,9-11,19-20,28,31,33H,1,7-8,12H2/b25-17-,28-24?. The molecule has 2 unspecified atom stereocenters. The largest absolute Gasteiger partial charge is 0.508 e. The summed E-state index contributed by atoms with van der Waals surface area (Å²) >= 11 is 11.2. The van der Waals surface area contributed by atoms with Crippen LogP contribution in [-0.4, -0.2) is 51.7 Å². The number of thiol groups is 1. The molecular weight excluding hydrogens is 461 g/mol. The maximum atomic E-state index is 15.6. The van der Waals surface area contributed by atoms with Gasteiger partial charge in [0, 0.05) is 24.2 Å². The molecule has 2 atom stereocenters. The van der Waals surface area contributed by atoms with E-state index in [9.17, 15) is 9.90 Å². The van der Waals surface area contributed by atoms with E-state index < -0.39 is 5.83 Å². The summed E-state index contributed by atoms with van der Waals surface area (Å²) < 4.78 is 15.6. The van der Waals surface area contributed by atoms with Crippen molar-refractivity contribution in [2.45, 2.75) is 18.5 Å². The first-order valence-corrected chi connectivity index (χ1v) is 11.4. The molecule has 0 radical (unpaired) electrons. The monoisotopic (exact) mass is 481 g/mol. The molecule has 5 nitrogen and oxygen atoms in total. The van der Waals surface area contributed by atoms with Gasteiger partial charge < -0.3 is 14.9 Å². The van der Waals surface area contributed by atoms with Crippen LogP contribution in [0.3, 0.4) is 0 Å². The highest BCUT2D eigenvalue weighted by Gasteiger charge is 2.49. The number of allylic oxidation sites excluding steroid dienone is 5. The summed E-state index contributed by atoms with van der Waals surface area (Å²) in [4.78, 5) is 15.8. The second-order valence-electron chi connectivity index (χ2n) is 8.32. The van der Waals surface area contributed by atoms with E-state index in [2.05, 4.69) is 19.2 Å². The molecular formula is C25H21ClFN3O2S. The lowest BCUT2D eigenvalue weighted by atomic mass is 9.90. The summed E-state index contributed by atoms with van der Waals surface area (Å²) in [6, 6.07) is 10.5. The molecule has 0 saturated carbocycles. The molecule has 5 rings (SSSR count). The third kappa shape index (κ3) is 3.38. The highest BCUT2D eigenvalue weighted by atomic mass is 35.5. The van der Waals surface area contributed by atoms with Crippen molar-refractivity contribution in [3.8, 4) is 5.75 Å². The smallest absolute Gasteiger partial charge is 0.246 e. The first-order chi connectivity index (χ1) is 15.8. The number of benzene rings is 2. The third-order valence-corrected chi connectivity index (χ3v) is 7.39. The van der Waals surface area contributed by atoms with Crippen molar-refractivity contribution >= 4 is 52.2 Å². The molecule has 2 aromatic rings. The van der Waals surface area contributed by atoms with Crippen LogP contribution in [0.4, 0.5) is 4.39 Å². The van der Waals surface area contributed by atoms with Crippen molar-refractivity contribution in [2.75, 3.05) is 13.1 Å². The number of hydrogen-bond acceptors (Lipinski definition) is 5. The fraction of sp³-hybridized carbons (Fsp3) is 0.200. The first-order valence-electron chi connectivity index (χ1n) is 10.5. The fourth-order valence-electron chi connectivity index (χ4n) is 4.95. The van der Waals surface area contributed by atoms with E-state index in [1.807, 2.05) is 29.2 Å². The van der Waals surface area contributed by atoms with E-state index in [1.54, 1.807) is 17.0 Å². The van der Waals surface area contributed by atoms with Crippen LogP contribution in [-0.2, 0) is 4.79 Å². The van der Waals surface area contributed by atoms with Gasteiger partial charge in [-0.2, -0.15) is 0 Å². The Morgan fingerprint density at radius 2 is 2.03 bits per heavy atom. The Morgan fingerprint density at radius 1 is 1.27 bits per heavy atom. The quantitative estimate of drug-likeness (QED) is 0.427. The summed E-state index contributed by atoms with van der Waals surface area (Å²) in [6.45, 7) is 4.74. The number of rotatable bonds is 3. The van der Waals surface area contributed by atoms with Gasteiger partial charge in [0.2, 0.25) is 5.91 Å². The summed E-state index contributed by atoms with van der Waals surface area (Å²) in [5, 5.41) is 20.8. The number of amides is 1. The van der Waals surface area contributed by atoms with Crippen LogP contribution in [0.15, 0.2) is 76.6 Å². The lowest BCUT2D eigenvalue weighted by molar-refractivity contribution is -0.129. The van der Waals surface area contributed by atoms with Crippen molar-refractivity contribution < 1.29 is 14.3 Å². The second-order valence-corrected chi connectivity index (χ2v) is 9.15. The lowest BCUT2D eigenvalue weighted by Crippen LogP contribution is -2.61. The molecule has 2 N–H and O–H groups in total. The average molecular weight is 482 g/mol. The van der Waals surface area contributed by atoms with Crippen molar-refractivity contribution in [1.29, 1.82) is 5.41 Å². The zero-order valence-electron chi connectivity index (χ0n) is 17.6. The summed E-state index contributed by atoms with van der Waals surface area (Å²) in [7, 11) is 0. The van der Waals surface area contributed by atoms with E-state index in [4.69, 9.17) is 17.0 Å². The van der Waals surface area contributed by atoms with E-state index in [1.165, 1.54) is 12.1 Å². The highest BCUT2D eigenvalue weighted by molar-refractivity contribution is 7.84. The SMILES string of the molecule is C=CC(=O)N1CCC2C1CN2/C(S)=C1\C=C(Cl)C(c2cc(O)cc3ccccc23)=C(F)C1=N. The first kappa shape index (κ1) is 21.8. The minimum Gasteiger partial charge on any atom is -0.508 e. The summed E-state index contributed by atoms with van der Waals surface area (Å²) in [5.74, 6) is -0.879. The van der Waals surface area contributed by atoms with Gasteiger partial charge in [-0.05, 0) is 47.0 Å². The molecule has 0 aromatic heterocycles. The number of likely N-dealkylation sites (tertiary alicyclic amines) is 2. The summed E-state index contributed by atoms with van der Waals surface area (Å²) in [6.07, 6.45) is 3.64.